The van der Waals surface area contributed by atoms with Crippen LogP contribution in [0.4, 0.5) is 5.13 Å². The lowest BCUT2D eigenvalue weighted by atomic mass is 10.1. The number of fused-ring (bicyclic) bond motifs is 1. The van der Waals surface area contributed by atoms with Gasteiger partial charge in [-0.15, -0.1) is 11.3 Å². The third-order valence-electron chi connectivity index (χ3n) is 3.40. The number of hydrogen-bond acceptors (Lipinski definition) is 6. The van der Waals surface area contributed by atoms with E-state index in [0.29, 0.717) is 16.0 Å². The van der Waals surface area contributed by atoms with Crippen LogP contribution in [0.5, 0.6) is 0 Å². The summed E-state index contributed by atoms with van der Waals surface area (Å²) in [4.78, 5) is 32.9. The van der Waals surface area contributed by atoms with E-state index < -0.39 is 0 Å². The molecule has 0 saturated heterocycles. The number of thioether (sulfide) groups is 1. The van der Waals surface area contributed by atoms with Crippen LogP contribution in [0.25, 0.3) is 0 Å². The largest absolute Gasteiger partial charge is 0.302 e. The molecule has 2 aromatic rings. The quantitative estimate of drug-likeness (QED) is 0.868. The molecule has 0 saturated carbocycles. The number of thiazole rings is 1. The predicted molar refractivity (Wildman–Crippen MR) is 87.7 cm³/mol. The highest BCUT2D eigenvalue weighted by atomic mass is 32.2. The summed E-state index contributed by atoms with van der Waals surface area (Å²) in [7, 11) is 0. The van der Waals surface area contributed by atoms with E-state index >= 15 is 0 Å². The van der Waals surface area contributed by atoms with E-state index in [1.54, 1.807) is 22.2 Å². The summed E-state index contributed by atoms with van der Waals surface area (Å²) in [6, 6.07) is 1.42. The summed E-state index contributed by atoms with van der Waals surface area (Å²) >= 11 is 2.90. The maximum absolute atomic E-state index is 12.3. The summed E-state index contributed by atoms with van der Waals surface area (Å²) in [6.45, 7) is 4.02. The number of carbonyl (C=O) groups is 1. The molecule has 8 heteroatoms. The molecular formula is C14H16N4O2S2. The summed E-state index contributed by atoms with van der Waals surface area (Å²) in [6.07, 6.45) is 1.89. The number of carbonyl (C=O) groups excluding carboxylic acids is 1. The second-order valence-corrected chi connectivity index (χ2v) is 7.26. The van der Waals surface area contributed by atoms with Crippen molar-refractivity contribution in [1.82, 2.24) is 14.5 Å². The van der Waals surface area contributed by atoms with Crippen LogP contribution in [-0.2, 0) is 4.79 Å². The zero-order chi connectivity index (χ0) is 15.7. The Labute approximate surface area is 136 Å². The molecule has 3 rings (SSSR count). The standard InChI is InChI=1S/C14H16N4O2S2/c1-8(2)10-6-12(20)18-9(7-22-14(18)16-10)5-11(19)17-13-15-3-4-21-13/h3-4,6,8-9H,5,7H2,1-2H3,(H,15,17,19)/t9-/m1/s1. The lowest BCUT2D eigenvalue weighted by Crippen LogP contribution is -2.28. The van der Waals surface area contributed by atoms with Gasteiger partial charge in [0.15, 0.2) is 10.3 Å². The summed E-state index contributed by atoms with van der Waals surface area (Å²) in [5.41, 5.74) is 0.724. The van der Waals surface area contributed by atoms with Crippen molar-refractivity contribution >= 4 is 34.1 Å². The van der Waals surface area contributed by atoms with Crippen molar-refractivity contribution in [2.24, 2.45) is 0 Å². The van der Waals surface area contributed by atoms with Gasteiger partial charge in [0.25, 0.3) is 5.56 Å². The first-order valence-electron chi connectivity index (χ1n) is 7.00. The van der Waals surface area contributed by atoms with E-state index in [9.17, 15) is 9.59 Å². The number of nitrogens with zero attached hydrogens (tertiary/aromatic N) is 3. The molecule has 0 fully saturated rings. The lowest BCUT2D eigenvalue weighted by Gasteiger charge is -2.13. The Kier molecular flexibility index (Phi) is 4.30. The Hall–Kier alpha value is -1.67. The van der Waals surface area contributed by atoms with E-state index in [2.05, 4.69) is 15.3 Å². The highest BCUT2D eigenvalue weighted by molar-refractivity contribution is 7.99. The van der Waals surface area contributed by atoms with Crippen molar-refractivity contribution in [2.75, 3.05) is 11.1 Å². The summed E-state index contributed by atoms with van der Waals surface area (Å²) in [5, 5.41) is 5.85. The second-order valence-electron chi connectivity index (χ2n) is 5.38. The fourth-order valence-electron chi connectivity index (χ4n) is 2.29. The molecule has 0 radical (unpaired) electrons. The Balaban J connectivity index is 1.77. The van der Waals surface area contributed by atoms with Crippen LogP contribution in [0.1, 0.15) is 37.9 Å². The van der Waals surface area contributed by atoms with Crippen LogP contribution in [-0.4, -0.2) is 26.2 Å². The van der Waals surface area contributed by atoms with Crippen LogP contribution >= 0.6 is 23.1 Å². The fraction of sp³-hybridized carbons (Fsp3) is 0.429. The third kappa shape index (κ3) is 3.07. The van der Waals surface area contributed by atoms with Gasteiger partial charge < -0.3 is 5.32 Å². The van der Waals surface area contributed by atoms with Gasteiger partial charge in [-0.1, -0.05) is 25.6 Å². The molecule has 3 heterocycles. The maximum atomic E-state index is 12.3. The summed E-state index contributed by atoms with van der Waals surface area (Å²) in [5.74, 6) is 0.773. The Morgan fingerprint density at radius 2 is 2.36 bits per heavy atom. The number of anilines is 1. The number of rotatable bonds is 4. The van der Waals surface area contributed by atoms with Crippen LogP contribution in [0, 0.1) is 0 Å². The van der Waals surface area contributed by atoms with Crippen LogP contribution in [0.3, 0.4) is 0 Å². The highest BCUT2D eigenvalue weighted by Crippen LogP contribution is 2.32. The fourth-order valence-corrected chi connectivity index (χ4v) is 3.99. The van der Waals surface area contributed by atoms with E-state index in [0.717, 1.165) is 5.69 Å². The first-order valence-corrected chi connectivity index (χ1v) is 8.86. The molecule has 22 heavy (non-hydrogen) atoms. The second kappa shape index (κ2) is 6.21. The first-order chi connectivity index (χ1) is 10.5. The zero-order valence-corrected chi connectivity index (χ0v) is 13.9. The first kappa shape index (κ1) is 15.2. The molecule has 116 valence electrons. The highest BCUT2D eigenvalue weighted by Gasteiger charge is 2.28. The molecule has 1 N–H and O–H groups in total. The van der Waals surface area contributed by atoms with Crippen molar-refractivity contribution in [1.29, 1.82) is 0 Å². The molecule has 2 aromatic heterocycles. The van der Waals surface area contributed by atoms with Crippen molar-refractivity contribution in [2.45, 2.75) is 37.4 Å². The van der Waals surface area contributed by atoms with Crippen molar-refractivity contribution < 1.29 is 4.79 Å². The molecule has 0 bridgehead atoms. The molecule has 1 amide bonds. The Bertz CT molecular complexity index is 740. The van der Waals surface area contributed by atoms with Gasteiger partial charge in [0, 0.05) is 29.8 Å². The maximum Gasteiger partial charge on any atom is 0.254 e. The van der Waals surface area contributed by atoms with Gasteiger partial charge in [-0.3, -0.25) is 14.2 Å². The molecule has 1 aliphatic rings. The number of amides is 1. The number of nitrogens with one attached hydrogen (secondary N) is 1. The van der Waals surface area contributed by atoms with E-state index in [1.807, 2.05) is 13.8 Å². The van der Waals surface area contributed by atoms with Gasteiger partial charge in [-0.2, -0.15) is 0 Å². The third-order valence-corrected chi connectivity index (χ3v) is 5.19. The predicted octanol–water partition coefficient (Wildman–Crippen LogP) is 2.50. The van der Waals surface area contributed by atoms with E-state index in [1.165, 1.54) is 23.1 Å². The topological polar surface area (TPSA) is 76.9 Å². The smallest absolute Gasteiger partial charge is 0.254 e. The van der Waals surface area contributed by atoms with E-state index in [-0.39, 0.29) is 29.8 Å². The molecule has 1 aliphatic heterocycles. The van der Waals surface area contributed by atoms with Gasteiger partial charge in [0.05, 0.1) is 11.7 Å². The molecule has 0 spiro atoms. The van der Waals surface area contributed by atoms with Gasteiger partial charge >= 0.3 is 0 Å². The van der Waals surface area contributed by atoms with Gasteiger partial charge in [-0.05, 0) is 5.92 Å². The SMILES string of the molecule is CC(C)c1cc(=O)n2c(n1)SC[C@H]2CC(=O)Nc1nccs1. The van der Waals surface area contributed by atoms with Gasteiger partial charge in [0.1, 0.15) is 0 Å². The van der Waals surface area contributed by atoms with Crippen LogP contribution < -0.4 is 10.9 Å². The minimum Gasteiger partial charge on any atom is -0.302 e. The lowest BCUT2D eigenvalue weighted by molar-refractivity contribution is -0.116. The molecular weight excluding hydrogens is 320 g/mol. The number of hydrogen-bond donors (Lipinski definition) is 1. The summed E-state index contributed by atoms with van der Waals surface area (Å²) < 4.78 is 1.64. The molecule has 0 unspecified atom stereocenters. The number of aromatic nitrogens is 3. The minimum atomic E-state index is -0.152. The molecule has 1 atom stereocenters. The van der Waals surface area contributed by atoms with Crippen molar-refractivity contribution in [3.05, 3.63) is 33.7 Å². The minimum absolute atomic E-state index is 0.0780. The monoisotopic (exact) mass is 336 g/mol. The van der Waals surface area contributed by atoms with Gasteiger partial charge in [0.2, 0.25) is 5.91 Å². The van der Waals surface area contributed by atoms with E-state index in [4.69, 9.17) is 0 Å². The Morgan fingerprint density at radius 1 is 1.55 bits per heavy atom. The van der Waals surface area contributed by atoms with Crippen molar-refractivity contribution in [3.63, 3.8) is 0 Å². The van der Waals surface area contributed by atoms with Crippen LogP contribution in [0.2, 0.25) is 0 Å². The Morgan fingerprint density at radius 3 is 3.05 bits per heavy atom. The van der Waals surface area contributed by atoms with Crippen molar-refractivity contribution in [3.8, 4) is 0 Å². The molecule has 6 nitrogen and oxygen atoms in total. The molecule has 0 aliphatic carbocycles. The van der Waals surface area contributed by atoms with Gasteiger partial charge in [-0.25, -0.2) is 9.97 Å². The molecule has 0 aromatic carbocycles. The van der Waals surface area contributed by atoms with Crippen LogP contribution in [0.15, 0.2) is 27.6 Å². The average molecular weight is 336 g/mol. The zero-order valence-electron chi connectivity index (χ0n) is 12.3. The normalized spacial score (nSPS) is 16.8. The average Bonchev–Trinajstić information content (AvgIpc) is 3.09.